The van der Waals surface area contributed by atoms with Gasteiger partial charge in [0.2, 0.25) is 0 Å². The molecule has 0 aromatic carbocycles. The molecule has 6 rings (SSSR count). The van der Waals surface area contributed by atoms with Crippen LogP contribution in [0.15, 0.2) is 11.0 Å². The van der Waals surface area contributed by atoms with Crippen LogP contribution in [0, 0.1) is 17.8 Å². The number of ether oxygens (including phenoxy) is 2. The number of morpholine rings is 1. The number of rotatable bonds is 6. The topological polar surface area (TPSA) is 100 Å². The van der Waals surface area contributed by atoms with E-state index in [0.29, 0.717) is 25.3 Å². The van der Waals surface area contributed by atoms with E-state index < -0.39 is 17.6 Å². The van der Waals surface area contributed by atoms with Crippen molar-refractivity contribution in [3.05, 3.63) is 11.0 Å². The molecule has 3 heterocycles. The molecule has 3 N–H and O–H groups in total. The number of aliphatic hydroxyl groups is 2. The first-order chi connectivity index (χ1) is 17.9. The van der Waals surface area contributed by atoms with Gasteiger partial charge in [-0.1, -0.05) is 0 Å². The first-order valence-corrected chi connectivity index (χ1v) is 15.9. The zero-order chi connectivity index (χ0) is 25.6. The van der Waals surface area contributed by atoms with Gasteiger partial charge in [0, 0.05) is 51.3 Å². The number of hydrogen-bond donors (Lipinski definition) is 3. The molecule has 7 atom stereocenters. The Bertz CT molecular complexity index is 833. The molecule has 7 unspecified atom stereocenters. The molecular formula is C28H47N3O5S. The molecule has 9 heteroatoms. The molecule has 3 aliphatic heterocycles. The second-order valence-electron chi connectivity index (χ2n) is 12.8. The fourth-order valence-electron chi connectivity index (χ4n) is 8.02. The van der Waals surface area contributed by atoms with E-state index in [9.17, 15) is 14.8 Å². The molecule has 3 aliphatic carbocycles. The lowest BCUT2D eigenvalue weighted by molar-refractivity contribution is -0.216. The highest BCUT2D eigenvalue weighted by atomic mass is 32.2. The van der Waals surface area contributed by atoms with Crippen LogP contribution in [0.1, 0.15) is 70.6 Å². The molecule has 1 spiro atoms. The van der Waals surface area contributed by atoms with Crippen molar-refractivity contribution < 1.29 is 24.2 Å². The second kappa shape index (κ2) is 11.0. The number of methoxy groups -OCH3 is 1. The summed E-state index contributed by atoms with van der Waals surface area (Å²) in [5, 5.41) is 24.2. The Morgan fingerprint density at radius 1 is 1.14 bits per heavy atom. The first-order valence-electron chi connectivity index (χ1n) is 14.8. The van der Waals surface area contributed by atoms with Gasteiger partial charge in [-0.3, -0.25) is 4.90 Å². The number of piperidine rings is 2. The number of aliphatic hydroxyl groups excluding tert-OH is 2. The van der Waals surface area contributed by atoms with E-state index in [1.54, 1.807) is 0 Å². The summed E-state index contributed by atoms with van der Waals surface area (Å²) in [6, 6.07) is 0.650. The fourth-order valence-corrected chi connectivity index (χ4v) is 9.40. The van der Waals surface area contributed by atoms with Gasteiger partial charge in [0.05, 0.1) is 36.3 Å². The zero-order valence-corrected chi connectivity index (χ0v) is 23.3. The summed E-state index contributed by atoms with van der Waals surface area (Å²) in [7, 11) is 1.83. The van der Waals surface area contributed by atoms with Crippen molar-refractivity contribution in [2.45, 2.75) is 100 Å². The van der Waals surface area contributed by atoms with Gasteiger partial charge in [0.15, 0.2) is 0 Å². The number of nitrogens with zero attached hydrogens (tertiary/aromatic N) is 2. The third-order valence-corrected chi connectivity index (χ3v) is 12.5. The highest BCUT2D eigenvalue weighted by Crippen LogP contribution is 2.47. The third kappa shape index (κ3) is 5.42. The van der Waals surface area contributed by atoms with Crippen LogP contribution in [0.3, 0.4) is 0 Å². The van der Waals surface area contributed by atoms with E-state index in [1.807, 2.05) is 7.11 Å². The zero-order valence-electron chi connectivity index (χ0n) is 22.5. The summed E-state index contributed by atoms with van der Waals surface area (Å²) < 4.78 is 27.4. The van der Waals surface area contributed by atoms with Gasteiger partial charge in [0.25, 0.3) is 0 Å². The molecule has 8 nitrogen and oxygen atoms in total. The third-order valence-electron chi connectivity index (χ3n) is 10.8. The van der Waals surface area contributed by atoms with E-state index in [2.05, 4.69) is 20.6 Å². The van der Waals surface area contributed by atoms with Crippen LogP contribution >= 0.6 is 0 Å². The van der Waals surface area contributed by atoms with Crippen LogP contribution in [-0.4, -0.2) is 100.0 Å². The Morgan fingerprint density at radius 3 is 2.59 bits per heavy atom. The van der Waals surface area contributed by atoms with Gasteiger partial charge < -0.3 is 29.6 Å². The van der Waals surface area contributed by atoms with E-state index in [0.717, 1.165) is 87.2 Å². The van der Waals surface area contributed by atoms with Crippen molar-refractivity contribution in [2.24, 2.45) is 17.8 Å². The quantitative estimate of drug-likeness (QED) is 0.443. The Morgan fingerprint density at radius 2 is 1.92 bits per heavy atom. The van der Waals surface area contributed by atoms with Crippen LogP contribution in [0.25, 0.3) is 0 Å². The average Bonchev–Trinajstić information content (AvgIpc) is 3.75. The number of allylic oxidation sites excluding steroid dienone is 2. The van der Waals surface area contributed by atoms with Gasteiger partial charge in [0.1, 0.15) is 11.1 Å². The molecule has 0 amide bonds. The van der Waals surface area contributed by atoms with Crippen molar-refractivity contribution >= 4 is 11.4 Å². The average molecular weight is 538 g/mol. The smallest absolute Gasteiger partial charge is 0.147 e. The molecular weight excluding hydrogens is 490 g/mol. The lowest BCUT2D eigenvalue weighted by Crippen LogP contribution is -2.64. The molecule has 0 aromatic rings. The van der Waals surface area contributed by atoms with E-state index in [1.165, 1.54) is 25.7 Å². The first kappa shape index (κ1) is 27.0. The van der Waals surface area contributed by atoms with E-state index >= 15 is 0 Å². The second-order valence-corrected chi connectivity index (χ2v) is 14.3. The van der Waals surface area contributed by atoms with Gasteiger partial charge in [-0.05, 0) is 88.0 Å². The van der Waals surface area contributed by atoms with Crippen molar-refractivity contribution in [3.63, 3.8) is 0 Å². The molecule has 37 heavy (non-hydrogen) atoms. The summed E-state index contributed by atoms with van der Waals surface area (Å²) >= 11 is -1.06. The van der Waals surface area contributed by atoms with Crippen molar-refractivity contribution in [1.82, 2.24) is 14.5 Å². The van der Waals surface area contributed by atoms with Gasteiger partial charge in [-0.15, -0.1) is 4.31 Å². The van der Waals surface area contributed by atoms with Crippen LogP contribution in [-0.2, 0) is 20.8 Å². The lowest BCUT2D eigenvalue weighted by Gasteiger charge is -2.50. The largest absolute Gasteiger partial charge is 0.593 e. The Balaban J connectivity index is 0.993. The minimum atomic E-state index is -1.06. The van der Waals surface area contributed by atoms with Crippen LogP contribution in [0.5, 0.6) is 0 Å². The Kier molecular flexibility index (Phi) is 8.00. The summed E-state index contributed by atoms with van der Waals surface area (Å²) in [5.41, 5.74) is -0.551. The normalized spacial score (nSPS) is 41.1. The molecule has 210 valence electrons. The van der Waals surface area contributed by atoms with Crippen LogP contribution in [0.4, 0.5) is 0 Å². The summed E-state index contributed by atoms with van der Waals surface area (Å²) in [6.07, 6.45) is 13.9. The highest BCUT2D eigenvalue weighted by Gasteiger charge is 2.55. The predicted octanol–water partition coefficient (Wildman–Crippen LogP) is 2.14. The molecule has 6 aliphatic rings. The molecule has 2 saturated carbocycles. The maximum Gasteiger partial charge on any atom is 0.147 e. The van der Waals surface area contributed by atoms with E-state index in [-0.39, 0.29) is 17.7 Å². The van der Waals surface area contributed by atoms with Gasteiger partial charge in [-0.25, -0.2) is 0 Å². The summed E-state index contributed by atoms with van der Waals surface area (Å²) in [4.78, 5) is 3.21. The molecule has 3 saturated heterocycles. The molecule has 5 fully saturated rings. The molecule has 0 radical (unpaired) electrons. The minimum absolute atomic E-state index is 0.0956. The SMILES string of the molecule is COC1CNC2CC(C3CC=C([S+]([O-])N4CCC5(CC4)CN(C4(CO)CC4)C(O)CO5)CC3)CCC2C1. The summed E-state index contributed by atoms with van der Waals surface area (Å²) in [5.74, 6) is 2.27. The predicted molar refractivity (Wildman–Crippen MR) is 143 cm³/mol. The van der Waals surface area contributed by atoms with Gasteiger partial charge in [-0.2, -0.15) is 0 Å². The minimum Gasteiger partial charge on any atom is -0.593 e. The van der Waals surface area contributed by atoms with Crippen LogP contribution < -0.4 is 5.32 Å². The standard InChI is InChI=1S/C28H47N3O5S/c1-35-23-14-22-3-2-21(15-25(22)29-16-23)20-4-6-24(7-5-20)37(34)30-12-10-28(11-13-30)18-31(26(33)17-36-28)27(19-32)8-9-27/h6,20-23,25-26,29,32-33H,2-5,7-19H2,1H3. The maximum absolute atomic E-state index is 13.5. The van der Waals surface area contributed by atoms with Crippen molar-refractivity contribution in [1.29, 1.82) is 0 Å². The Hall–Kier alpha value is -0.230. The Labute approximate surface area is 225 Å². The maximum atomic E-state index is 13.5. The van der Waals surface area contributed by atoms with Gasteiger partial charge >= 0.3 is 0 Å². The van der Waals surface area contributed by atoms with Crippen molar-refractivity contribution in [2.75, 3.05) is 46.5 Å². The monoisotopic (exact) mass is 537 g/mol. The number of nitrogens with one attached hydrogen (secondary N) is 1. The number of fused-ring (bicyclic) bond motifs is 1. The fraction of sp³-hybridized carbons (Fsp3) is 0.929. The van der Waals surface area contributed by atoms with Crippen LogP contribution in [0.2, 0.25) is 0 Å². The van der Waals surface area contributed by atoms with E-state index in [4.69, 9.17) is 9.47 Å². The summed E-state index contributed by atoms with van der Waals surface area (Å²) in [6.45, 7) is 3.54. The van der Waals surface area contributed by atoms with Crippen molar-refractivity contribution in [3.8, 4) is 0 Å². The lowest BCUT2D eigenvalue weighted by atomic mass is 9.68. The highest BCUT2D eigenvalue weighted by molar-refractivity contribution is 7.93. The molecule has 0 bridgehead atoms. The number of hydrogen-bond acceptors (Lipinski definition) is 8. The molecule has 0 aromatic heterocycles.